The van der Waals surface area contributed by atoms with Crippen molar-refractivity contribution in [3.63, 3.8) is 0 Å². The van der Waals surface area contributed by atoms with Gasteiger partial charge in [0.25, 0.3) is 5.91 Å². The van der Waals surface area contributed by atoms with Gasteiger partial charge in [-0.05, 0) is 38.0 Å². The molecule has 1 N–H and O–H groups in total. The molecule has 126 valence electrons. The molecule has 2 aliphatic rings. The molecule has 2 aliphatic heterocycles. The maximum Gasteiger partial charge on any atom is 0.303 e. The van der Waals surface area contributed by atoms with Crippen LogP contribution in [-0.4, -0.2) is 46.6 Å². The number of nitrogens with zero attached hydrogens (tertiary/aromatic N) is 2. The summed E-state index contributed by atoms with van der Waals surface area (Å²) in [5.74, 6) is -0.528. The standard InChI is InChI=1S/C16H22N2O4S/c19-14(20)6-5-11-3-1-7-18(9-11)16(21)12-10-23-15(17-12)13-4-2-8-22-13/h10-11,13H,1-9H2,(H,19,20). The number of aromatic nitrogens is 1. The fraction of sp³-hybridized carbons (Fsp3) is 0.688. The summed E-state index contributed by atoms with van der Waals surface area (Å²) in [5, 5.41) is 11.5. The first-order chi connectivity index (χ1) is 11.1. The van der Waals surface area contributed by atoms with Crippen molar-refractivity contribution in [2.24, 2.45) is 5.92 Å². The first kappa shape index (κ1) is 16.4. The van der Waals surface area contributed by atoms with Gasteiger partial charge in [0.05, 0.1) is 0 Å². The van der Waals surface area contributed by atoms with Crippen LogP contribution in [0.25, 0.3) is 0 Å². The summed E-state index contributed by atoms with van der Waals surface area (Å²) in [7, 11) is 0. The van der Waals surface area contributed by atoms with E-state index in [1.165, 1.54) is 11.3 Å². The Morgan fingerprint density at radius 3 is 3.00 bits per heavy atom. The van der Waals surface area contributed by atoms with Crippen molar-refractivity contribution < 1.29 is 19.4 Å². The molecule has 3 rings (SSSR count). The zero-order valence-corrected chi connectivity index (χ0v) is 13.9. The van der Waals surface area contributed by atoms with Gasteiger partial charge in [-0.2, -0.15) is 0 Å². The summed E-state index contributed by atoms with van der Waals surface area (Å²) in [6, 6.07) is 0. The second kappa shape index (κ2) is 7.40. The Bertz CT molecular complexity index is 568. The summed E-state index contributed by atoms with van der Waals surface area (Å²) >= 11 is 1.49. The molecule has 6 nitrogen and oxygen atoms in total. The van der Waals surface area contributed by atoms with Crippen molar-refractivity contribution in [3.8, 4) is 0 Å². The van der Waals surface area contributed by atoms with Gasteiger partial charge in [0, 0.05) is 31.5 Å². The largest absolute Gasteiger partial charge is 0.481 e. The van der Waals surface area contributed by atoms with Gasteiger partial charge in [0.1, 0.15) is 16.8 Å². The predicted molar refractivity (Wildman–Crippen MR) is 85.5 cm³/mol. The minimum Gasteiger partial charge on any atom is -0.481 e. The monoisotopic (exact) mass is 338 g/mol. The Morgan fingerprint density at radius 2 is 2.26 bits per heavy atom. The van der Waals surface area contributed by atoms with Gasteiger partial charge in [0.2, 0.25) is 0 Å². The van der Waals surface area contributed by atoms with E-state index in [-0.39, 0.29) is 24.3 Å². The average molecular weight is 338 g/mol. The van der Waals surface area contributed by atoms with Crippen molar-refractivity contribution in [1.29, 1.82) is 0 Å². The third-order valence-corrected chi connectivity index (χ3v) is 5.46. The minimum atomic E-state index is -0.769. The van der Waals surface area contributed by atoms with Gasteiger partial charge in [-0.1, -0.05) is 0 Å². The number of thiazole rings is 1. The van der Waals surface area contributed by atoms with Gasteiger partial charge in [-0.15, -0.1) is 11.3 Å². The highest BCUT2D eigenvalue weighted by atomic mass is 32.1. The second-order valence-electron chi connectivity index (χ2n) is 6.26. The van der Waals surface area contributed by atoms with Crippen LogP contribution >= 0.6 is 11.3 Å². The zero-order valence-electron chi connectivity index (χ0n) is 13.1. The Kier molecular flexibility index (Phi) is 5.27. The maximum atomic E-state index is 12.6. The number of likely N-dealkylation sites (tertiary alicyclic amines) is 1. The second-order valence-corrected chi connectivity index (χ2v) is 7.15. The fourth-order valence-corrected chi connectivity index (χ4v) is 4.16. The molecule has 1 amide bonds. The van der Waals surface area contributed by atoms with E-state index < -0.39 is 5.97 Å². The van der Waals surface area contributed by atoms with Crippen LogP contribution in [0.2, 0.25) is 0 Å². The van der Waals surface area contributed by atoms with E-state index in [1.807, 2.05) is 10.3 Å². The van der Waals surface area contributed by atoms with E-state index in [9.17, 15) is 9.59 Å². The lowest BCUT2D eigenvalue weighted by Crippen LogP contribution is -2.40. The molecule has 0 spiro atoms. The van der Waals surface area contributed by atoms with Crippen LogP contribution in [0.15, 0.2) is 5.38 Å². The first-order valence-corrected chi connectivity index (χ1v) is 9.09. The van der Waals surface area contributed by atoms with Crippen molar-refractivity contribution in [3.05, 3.63) is 16.1 Å². The molecule has 7 heteroatoms. The SMILES string of the molecule is O=C(O)CCC1CCCN(C(=O)c2csc(C3CCCO3)n2)C1. The topological polar surface area (TPSA) is 79.7 Å². The van der Waals surface area contributed by atoms with E-state index in [2.05, 4.69) is 4.98 Å². The molecule has 0 radical (unpaired) electrons. The molecule has 2 atom stereocenters. The smallest absolute Gasteiger partial charge is 0.303 e. The van der Waals surface area contributed by atoms with Gasteiger partial charge in [0.15, 0.2) is 0 Å². The van der Waals surface area contributed by atoms with Gasteiger partial charge in [-0.3, -0.25) is 9.59 Å². The number of aliphatic carboxylic acids is 1. The Hall–Kier alpha value is -1.47. The number of hydrogen-bond donors (Lipinski definition) is 1. The summed E-state index contributed by atoms with van der Waals surface area (Å²) in [4.78, 5) is 29.6. The number of ether oxygens (including phenoxy) is 1. The zero-order chi connectivity index (χ0) is 16.2. The summed E-state index contributed by atoms with van der Waals surface area (Å²) in [6.07, 6.45) is 4.80. The number of amides is 1. The number of carboxylic acid groups (broad SMARTS) is 1. The van der Waals surface area contributed by atoms with Crippen LogP contribution in [0.3, 0.4) is 0 Å². The van der Waals surface area contributed by atoms with Crippen molar-refractivity contribution >= 4 is 23.2 Å². The molecular formula is C16H22N2O4S. The van der Waals surface area contributed by atoms with Gasteiger partial charge < -0.3 is 14.7 Å². The predicted octanol–water partition coefficient (Wildman–Crippen LogP) is 2.71. The molecule has 2 fully saturated rings. The lowest BCUT2D eigenvalue weighted by Gasteiger charge is -2.32. The molecule has 2 saturated heterocycles. The molecule has 1 aromatic heterocycles. The van der Waals surface area contributed by atoms with E-state index in [4.69, 9.17) is 9.84 Å². The molecule has 0 saturated carbocycles. The number of carbonyl (C=O) groups excluding carboxylic acids is 1. The normalized spacial score (nSPS) is 24.8. The van der Waals surface area contributed by atoms with E-state index in [0.29, 0.717) is 18.7 Å². The quantitative estimate of drug-likeness (QED) is 0.893. The molecular weight excluding hydrogens is 316 g/mol. The van der Waals surface area contributed by atoms with Crippen LogP contribution < -0.4 is 0 Å². The van der Waals surface area contributed by atoms with Crippen molar-refractivity contribution in [1.82, 2.24) is 9.88 Å². The summed E-state index contributed by atoms with van der Waals surface area (Å²) in [6.45, 7) is 2.14. The minimum absolute atomic E-state index is 0.0366. The van der Waals surface area contributed by atoms with Crippen LogP contribution in [0, 0.1) is 5.92 Å². The van der Waals surface area contributed by atoms with Crippen LogP contribution in [0.1, 0.15) is 60.1 Å². The molecule has 23 heavy (non-hydrogen) atoms. The molecule has 0 aromatic carbocycles. The average Bonchev–Trinajstić information content (AvgIpc) is 3.23. The van der Waals surface area contributed by atoms with Crippen LogP contribution in [0.5, 0.6) is 0 Å². The maximum absolute atomic E-state index is 12.6. The fourth-order valence-electron chi connectivity index (χ4n) is 3.28. The van der Waals surface area contributed by atoms with Crippen LogP contribution in [0.4, 0.5) is 0 Å². The summed E-state index contributed by atoms with van der Waals surface area (Å²) in [5.41, 5.74) is 0.499. The number of rotatable bonds is 5. The van der Waals surface area contributed by atoms with Crippen molar-refractivity contribution in [2.45, 2.75) is 44.6 Å². The number of hydrogen-bond acceptors (Lipinski definition) is 5. The van der Waals surface area contributed by atoms with Crippen LogP contribution in [-0.2, 0) is 9.53 Å². The lowest BCUT2D eigenvalue weighted by molar-refractivity contribution is -0.137. The van der Waals surface area contributed by atoms with E-state index in [0.717, 1.165) is 43.8 Å². The van der Waals surface area contributed by atoms with E-state index in [1.54, 1.807) is 0 Å². The molecule has 1 aromatic rings. The lowest BCUT2D eigenvalue weighted by atomic mass is 9.93. The number of piperidine rings is 1. The van der Waals surface area contributed by atoms with Crippen molar-refractivity contribution in [2.75, 3.05) is 19.7 Å². The Balaban J connectivity index is 1.59. The number of carbonyl (C=O) groups is 2. The highest BCUT2D eigenvalue weighted by molar-refractivity contribution is 7.09. The molecule has 2 unspecified atom stereocenters. The van der Waals surface area contributed by atoms with Gasteiger partial charge >= 0.3 is 5.97 Å². The third-order valence-electron chi connectivity index (χ3n) is 4.52. The van der Waals surface area contributed by atoms with E-state index >= 15 is 0 Å². The van der Waals surface area contributed by atoms with Gasteiger partial charge in [-0.25, -0.2) is 4.98 Å². The highest BCUT2D eigenvalue weighted by Gasteiger charge is 2.28. The summed E-state index contributed by atoms with van der Waals surface area (Å²) < 4.78 is 5.62. The molecule has 0 bridgehead atoms. The third kappa shape index (κ3) is 4.09. The molecule has 0 aliphatic carbocycles. The highest BCUT2D eigenvalue weighted by Crippen LogP contribution is 2.31. The Labute approximate surface area is 139 Å². The number of carboxylic acids is 1. The Morgan fingerprint density at radius 1 is 1.39 bits per heavy atom. The molecule has 3 heterocycles. The first-order valence-electron chi connectivity index (χ1n) is 8.21.